The number of aromatic nitrogens is 2. The third-order valence-electron chi connectivity index (χ3n) is 5.09. The van der Waals surface area contributed by atoms with Gasteiger partial charge in [0.1, 0.15) is 6.33 Å². The highest BCUT2D eigenvalue weighted by Crippen LogP contribution is 2.36. The first-order valence-electron chi connectivity index (χ1n) is 9.19. The zero-order chi connectivity index (χ0) is 19.5. The van der Waals surface area contributed by atoms with Crippen LogP contribution in [0.2, 0.25) is 5.02 Å². The Kier molecular flexibility index (Phi) is 5.26. The van der Waals surface area contributed by atoms with Crippen LogP contribution in [0.3, 0.4) is 0 Å². The number of nitrogens with zero attached hydrogens (tertiary/aromatic N) is 3. The summed E-state index contributed by atoms with van der Waals surface area (Å²) < 4.78 is 5.29. The van der Waals surface area contributed by atoms with Crippen molar-refractivity contribution in [3.05, 3.63) is 77.2 Å². The van der Waals surface area contributed by atoms with Crippen LogP contribution in [0.15, 0.2) is 61.1 Å². The summed E-state index contributed by atoms with van der Waals surface area (Å²) in [5, 5.41) is 0.707. The Labute approximate surface area is 169 Å². The van der Waals surface area contributed by atoms with E-state index in [1.807, 2.05) is 53.4 Å². The molecule has 1 amide bonds. The molecule has 1 saturated heterocycles. The zero-order valence-corrected chi connectivity index (χ0v) is 16.3. The van der Waals surface area contributed by atoms with Crippen LogP contribution in [-0.2, 0) is 0 Å². The number of hydrogen-bond acceptors (Lipinski definition) is 4. The molecule has 1 aliphatic heterocycles. The summed E-state index contributed by atoms with van der Waals surface area (Å²) in [7, 11) is 1.58. The molecular formula is C22H20ClN3O2. The minimum absolute atomic E-state index is 0.0171. The van der Waals surface area contributed by atoms with Gasteiger partial charge in [-0.15, -0.1) is 0 Å². The Morgan fingerprint density at radius 1 is 1.18 bits per heavy atom. The average molecular weight is 394 g/mol. The quantitative estimate of drug-likeness (QED) is 0.639. The number of rotatable bonds is 4. The summed E-state index contributed by atoms with van der Waals surface area (Å²) >= 11 is 6.38. The average Bonchev–Trinajstić information content (AvgIpc) is 3.23. The predicted molar refractivity (Wildman–Crippen MR) is 108 cm³/mol. The first-order chi connectivity index (χ1) is 13.7. The molecule has 142 valence electrons. The van der Waals surface area contributed by atoms with E-state index >= 15 is 0 Å². The van der Waals surface area contributed by atoms with E-state index in [4.69, 9.17) is 16.3 Å². The molecule has 2 aromatic carbocycles. The van der Waals surface area contributed by atoms with Crippen LogP contribution in [0.5, 0.6) is 5.88 Å². The first-order valence-corrected chi connectivity index (χ1v) is 9.56. The Morgan fingerprint density at radius 3 is 2.71 bits per heavy atom. The lowest BCUT2D eigenvalue weighted by molar-refractivity contribution is 0.0736. The van der Waals surface area contributed by atoms with Crippen LogP contribution in [0.4, 0.5) is 0 Å². The van der Waals surface area contributed by atoms with E-state index in [0.717, 1.165) is 36.1 Å². The lowest BCUT2D eigenvalue weighted by Gasteiger charge is -2.26. The summed E-state index contributed by atoms with van der Waals surface area (Å²) in [6.45, 7) is 0.733. The molecule has 0 N–H and O–H groups in total. The number of likely N-dealkylation sites (tertiary alicyclic amines) is 1. The molecule has 0 aliphatic carbocycles. The molecule has 0 unspecified atom stereocenters. The van der Waals surface area contributed by atoms with E-state index < -0.39 is 0 Å². The lowest BCUT2D eigenvalue weighted by atomic mass is 10.0. The predicted octanol–water partition coefficient (Wildman–Crippen LogP) is 4.78. The van der Waals surface area contributed by atoms with Crippen molar-refractivity contribution in [3.63, 3.8) is 0 Å². The van der Waals surface area contributed by atoms with Gasteiger partial charge >= 0.3 is 0 Å². The van der Waals surface area contributed by atoms with Crippen molar-refractivity contribution in [2.75, 3.05) is 13.7 Å². The minimum Gasteiger partial charge on any atom is -0.480 e. The van der Waals surface area contributed by atoms with E-state index in [9.17, 15) is 4.79 Å². The van der Waals surface area contributed by atoms with Gasteiger partial charge in [0.2, 0.25) is 5.88 Å². The van der Waals surface area contributed by atoms with Gasteiger partial charge in [-0.1, -0.05) is 41.9 Å². The molecule has 0 radical (unpaired) electrons. The highest BCUT2D eigenvalue weighted by molar-refractivity contribution is 6.31. The fourth-order valence-electron chi connectivity index (χ4n) is 3.72. The maximum absolute atomic E-state index is 13.1. The second-order valence-corrected chi connectivity index (χ2v) is 7.11. The third kappa shape index (κ3) is 3.45. The Bertz CT molecular complexity index is 991. The van der Waals surface area contributed by atoms with E-state index in [1.165, 1.54) is 6.33 Å². The van der Waals surface area contributed by atoms with Crippen molar-refractivity contribution in [1.82, 2.24) is 14.9 Å². The molecule has 1 aromatic heterocycles. The van der Waals surface area contributed by atoms with Crippen LogP contribution in [0.25, 0.3) is 11.1 Å². The van der Waals surface area contributed by atoms with Gasteiger partial charge in [-0.25, -0.2) is 9.97 Å². The molecule has 0 bridgehead atoms. The lowest BCUT2D eigenvalue weighted by Crippen LogP contribution is -2.30. The monoisotopic (exact) mass is 393 g/mol. The summed E-state index contributed by atoms with van der Waals surface area (Å²) in [5.74, 6) is 0.526. The molecule has 5 nitrogen and oxygen atoms in total. The number of carbonyl (C=O) groups excluding carboxylic acids is 1. The smallest absolute Gasteiger partial charge is 0.254 e. The van der Waals surface area contributed by atoms with Crippen LogP contribution < -0.4 is 4.74 Å². The van der Waals surface area contributed by atoms with Crippen molar-refractivity contribution < 1.29 is 9.53 Å². The maximum Gasteiger partial charge on any atom is 0.254 e. The summed E-state index contributed by atoms with van der Waals surface area (Å²) in [4.78, 5) is 23.3. The van der Waals surface area contributed by atoms with Crippen molar-refractivity contribution in [2.45, 2.75) is 18.9 Å². The van der Waals surface area contributed by atoms with Crippen LogP contribution >= 0.6 is 11.6 Å². The first kappa shape index (κ1) is 18.4. The van der Waals surface area contributed by atoms with Crippen LogP contribution in [-0.4, -0.2) is 34.4 Å². The number of ether oxygens (including phenoxy) is 1. The normalized spacial score (nSPS) is 16.2. The van der Waals surface area contributed by atoms with Crippen molar-refractivity contribution in [1.29, 1.82) is 0 Å². The summed E-state index contributed by atoms with van der Waals surface area (Å²) in [6, 6.07) is 15.2. The maximum atomic E-state index is 13.1. The van der Waals surface area contributed by atoms with Crippen molar-refractivity contribution in [3.8, 4) is 17.0 Å². The molecule has 6 heteroatoms. The van der Waals surface area contributed by atoms with Crippen molar-refractivity contribution >= 4 is 17.5 Å². The molecular weight excluding hydrogens is 374 g/mol. The van der Waals surface area contributed by atoms with Crippen LogP contribution in [0, 0.1) is 0 Å². The number of benzene rings is 2. The van der Waals surface area contributed by atoms with E-state index in [1.54, 1.807) is 13.3 Å². The topological polar surface area (TPSA) is 55.3 Å². The van der Waals surface area contributed by atoms with E-state index in [0.29, 0.717) is 16.5 Å². The molecule has 28 heavy (non-hydrogen) atoms. The van der Waals surface area contributed by atoms with Gasteiger partial charge < -0.3 is 9.64 Å². The zero-order valence-electron chi connectivity index (χ0n) is 15.5. The minimum atomic E-state index is 0.0171. The standard InChI is InChI=1S/C22H20ClN3O2/c1-28-21-18(13-24-14-25-21)15-8-10-16(11-9-15)22(27)26-12-4-7-20(26)17-5-2-3-6-19(17)23/h2-3,5-6,8-11,13-14,20H,4,7,12H2,1H3/t20-/m1/s1. The molecule has 2 heterocycles. The second-order valence-electron chi connectivity index (χ2n) is 6.70. The Balaban J connectivity index is 1.59. The van der Waals surface area contributed by atoms with Gasteiger partial charge in [0, 0.05) is 23.3 Å². The molecule has 1 atom stereocenters. The van der Waals surface area contributed by atoms with Crippen LogP contribution in [0.1, 0.15) is 34.8 Å². The van der Waals surface area contributed by atoms with Gasteiger partial charge in [-0.2, -0.15) is 0 Å². The fraction of sp³-hybridized carbons (Fsp3) is 0.227. The van der Waals surface area contributed by atoms with Gasteiger partial charge in [0.25, 0.3) is 5.91 Å². The van der Waals surface area contributed by atoms with Gasteiger partial charge in [-0.05, 0) is 42.2 Å². The van der Waals surface area contributed by atoms with E-state index in [2.05, 4.69) is 9.97 Å². The third-order valence-corrected chi connectivity index (χ3v) is 5.43. The molecule has 4 rings (SSSR count). The number of hydrogen-bond donors (Lipinski definition) is 0. The van der Waals surface area contributed by atoms with Gasteiger partial charge in [0.05, 0.1) is 18.7 Å². The van der Waals surface area contributed by atoms with E-state index in [-0.39, 0.29) is 11.9 Å². The second kappa shape index (κ2) is 7.98. The fourth-order valence-corrected chi connectivity index (χ4v) is 3.98. The highest BCUT2D eigenvalue weighted by Gasteiger charge is 2.31. The largest absolute Gasteiger partial charge is 0.480 e. The Morgan fingerprint density at radius 2 is 1.96 bits per heavy atom. The number of carbonyl (C=O) groups is 1. The highest BCUT2D eigenvalue weighted by atomic mass is 35.5. The summed E-state index contributed by atoms with van der Waals surface area (Å²) in [6.07, 6.45) is 5.05. The summed E-state index contributed by atoms with van der Waals surface area (Å²) in [5.41, 5.74) is 3.36. The van der Waals surface area contributed by atoms with Crippen molar-refractivity contribution in [2.24, 2.45) is 0 Å². The van der Waals surface area contributed by atoms with Gasteiger partial charge in [0.15, 0.2) is 0 Å². The molecule has 1 aliphatic rings. The number of methoxy groups -OCH3 is 1. The SMILES string of the molecule is COc1ncncc1-c1ccc(C(=O)N2CCC[C@@H]2c2ccccc2Cl)cc1. The molecule has 3 aromatic rings. The molecule has 0 saturated carbocycles. The van der Waals surface area contributed by atoms with Gasteiger partial charge in [-0.3, -0.25) is 4.79 Å². The molecule has 1 fully saturated rings. The number of halogens is 1. The number of amides is 1. The Hall–Kier alpha value is -2.92. The molecule has 0 spiro atoms.